The van der Waals surface area contributed by atoms with Gasteiger partial charge >= 0.3 is 5.51 Å². The summed E-state index contributed by atoms with van der Waals surface area (Å²) in [5, 5.41) is 12.1. The van der Waals surface area contributed by atoms with Gasteiger partial charge in [-0.1, -0.05) is 26.0 Å². The van der Waals surface area contributed by atoms with Gasteiger partial charge in [0.25, 0.3) is 0 Å². The Morgan fingerprint density at radius 3 is 2.29 bits per heavy atom. The lowest BCUT2D eigenvalue weighted by Gasteiger charge is -2.24. The highest BCUT2D eigenvalue weighted by Gasteiger charge is 2.28. The minimum atomic E-state index is -4.24. The van der Waals surface area contributed by atoms with Crippen molar-refractivity contribution in [3.8, 4) is 0 Å². The maximum Gasteiger partial charge on any atom is 0.446 e. The average molecular weight is 321 g/mol. The monoisotopic (exact) mass is 321 g/mol. The number of aliphatic hydroxyl groups excluding tert-OH is 1. The summed E-state index contributed by atoms with van der Waals surface area (Å²) in [6.45, 7) is 5.87. The van der Waals surface area contributed by atoms with E-state index in [2.05, 4.69) is 19.2 Å². The summed E-state index contributed by atoms with van der Waals surface area (Å²) >= 11 is -0.0974. The summed E-state index contributed by atoms with van der Waals surface area (Å²) < 4.78 is 36.6. The Morgan fingerprint density at radius 1 is 1.14 bits per heavy atom. The summed E-state index contributed by atoms with van der Waals surface area (Å²) in [5.41, 5.74) is -3.19. The van der Waals surface area contributed by atoms with Crippen molar-refractivity contribution in [3.63, 3.8) is 0 Å². The number of alkyl halides is 3. The Balaban J connectivity index is 2.39. The van der Waals surface area contributed by atoms with E-state index < -0.39 is 5.51 Å². The van der Waals surface area contributed by atoms with E-state index >= 15 is 0 Å². The van der Waals surface area contributed by atoms with Crippen LogP contribution in [0.3, 0.4) is 0 Å². The molecule has 0 fully saturated rings. The molecule has 0 saturated heterocycles. The first-order valence-corrected chi connectivity index (χ1v) is 7.70. The molecular weight excluding hydrogens is 299 g/mol. The number of thioether (sulfide) groups is 1. The zero-order valence-corrected chi connectivity index (χ0v) is 13.2. The van der Waals surface area contributed by atoms with Crippen LogP contribution < -0.4 is 5.32 Å². The van der Waals surface area contributed by atoms with Crippen molar-refractivity contribution in [1.29, 1.82) is 0 Å². The Bertz CT molecular complexity index is 418. The maximum atomic E-state index is 12.2. The zero-order chi connectivity index (χ0) is 15.9. The van der Waals surface area contributed by atoms with Gasteiger partial charge in [0.15, 0.2) is 0 Å². The summed E-state index contributed by atoms with van der Waals surface area (Å²) in [6, 6.07) is 6.40. The van der Waals surface area contributed by atoms with Gasteiger partial charge in [-0.05, 0) is 47.7 Å². The number of aliphatic hydroxyl groups is 1. The van der Waals surface area contributed by atoms with Gasteiger partial charge in [-0.25, -0.2) is 0 Å². The van der Waals surface area contributed by atoms with E-state index in [4.69, 9.17) is 5.11 Å². The van der Waals surface area contributed by atoms with E-state index in [9.17, 15) is 13.2 Å². The van der Waals surface area contributed by atoms with Crippen LogP contribution in [-0.4, -0.2) is 23.8 Å². The van der Waals surface area contributed by atoms with Gasteiger partial charge in [-0.3, -0.25) is 0 Å². The van der Waals surface area contributed by atoms with Crippen LogP contribution >= 0.6 is 11.8 Å². The molecule has 0 aromatic heterocycles. The fourth-order valence-corrected chi connectivity index (χ4v) is 2.54. The van der Waals surface area contributed by atoms with Crippen LogP contribution in [0.4, 0.5) is 13.2 Å². The Morgan fingerprint density at radius 2 is 1.76 bits per heavy atom. The van der Waals surface area contributed by atoms with E-state index in [-0.39, 0.29) is 28.7 Å². The molecule has 0 aliphatic heterocycles. The second-order valence-electron chi connectivity index (χ2n) is 5.79. The highest BCUT2D eigenvalue weighted by molar-refractivity contribution is 8.00. The van der Waals surface area contributed by atoms with Crippen molar-refractivity contribution in [2.45, 2.75) is 43.6 Å². The van der Waals surface area contributed by atoms with Crippen molar-refractivity contribution < 1.29 is 18.3 Å². The smallest absolute Gasteiger partial charge is 0.396 e. The van der Waals surface area contributed by atoms with Crippen molar-refractivity contribution in [3.05, 3.63) is 29.8 Å². The molecule has 6 heteroatoms. The van der Waals surface area contributed by atoms with E-state index in [0.29, 0.717) is 6.54 Å². The minimum Gasteiger partial charge on any atom is -0.396 e. The summed E-state index contributed by atoms with van der Waals surface area (Å²) in [7, 11) is 0. The first-order valence-electron chi connectivity index (χ1n) is 6.88. The van der Waals surface area contributed by atoms with E-state index in [1.165, 1.54) is 12.1 Å². The molecule has 0 bridgehead atoms. The molecule has 0 heterocycles. The van der Waals surface area contributed by atoms with Crippen LogP contribution in [0.5, 0.6) is 0 Å². The predicted molar refractivity (Wildman–Crippen MR) is 80.2 cm³/mol. The molecule has 0 aliphatic rings. The number of halogens is 3. The van der Waals surface area contributed by atoms with Crippen LogP contribution in [-0.2, 0) is 6.54 Å². The highest BCUT2D eigenvalue weighted by Crippen LogP contribution is 2.36. The third kappa shape index (κ3) is 8.34. The van der Waals surface area contributed by atoms with Crippen molar-refractivity contribution in [1.82, 2.24) is 5.32 Å². The Kier molecular flexibility index (Phi) is 7.03. The molecule has 2 nitrogen and oxygen atoms in total. The SMILES string of the molecule is CC(C)(CCCO)CNCc1ccc(SC(F)(F)F)cc1. The predicted octanol–water partition coefficient (Wildman–Crippen LogP) is 4.19. The number of hydrogen-bond acceptors (Lipinski definition) is 3. The van der Waals surface area contributed by atoms with Crippen LogP contribution in [0.1, 0.15) is 32.3 Å². The third-order valence-electron chi connectivity index (χ3n) is 3.10. The Labute approximate surface area is 128 Å². The molecule has 120 valence electrons. The molecule has 0 aliphatic carbocycles. The maximum absolute atomic E-state index is 12.2. The van der Waals surface area contributed by atoms with Gasteiger partial charge in [0.05, 0.1) is 0 Å². The van der Waals surface area contributed by atoms with Crippen molar-refractivity contribution in [2.24, 2.45) is 5.41 Å². The quantitative estimate of drug-likeness (QED) is 0.704. The van der Waals surface area contributed by atoms with Gasteiger partial charge in [0.2, 0.25) is 0 Å². The standard InChI is InChI=1S/C15H22F3NOS/c1-14(2,8-3-9-20)11-19-10-12-4-6-13(7-5-12)21-15(16,17)18/h4-7,19-20H,3,8-11H2,1-2H3. The lowest BCUT2D eigenvalue weighted by molar-refractivity contribution is -0.0328. The Hall–Kier alpha value is -0.720. The molecule has 2 N–H and O–H groups in total. The second kappa shape index (κ2) is 8.06. The number of nitrogens with one attached hydrogen (secondary N) is 1. The van der Waals surface area contributed by atoms with Crippen LogP contribution in [0.2, 0.25) is 0 Å². The molecule has 0 saturated carbocycles. The number of rotatable bonds is 8. The fraction of sp³-hybridized carbons (Fsp3) is 0.600. The van der Waals surface area contributed by atoms with E-state index in [1.54, 1.807) is 12.1 Å². The molecule has 0 spiro atoms. The van der Waals surface area contributed by atoms with Gasteiger partial charge in [0, 0.05) is 24.6 Å². The molecule has 1 rings (SSSR count). The normalized spacial score (nSPS) is 12.7. The summed E-state index contributed by atoms with van der Waals surface area (Å²) in [4.78, 5) is 0.203. The molecule has 0 radical (unpaired) electrons. The second-order valence-corrected chi connectivity index (χ2v) is 6.93. The van der Waals surface area contributed by atoms with Crippen molar-refractivity contribution in [2.75, 3.05) is 13.2 Å². The number of benzene rings is 1. The van der Waals surface area contributed by atoms with Crippen LogP contribution in [0.25, 0.3) is 0 Å². The van der Waals surface area contributed by atoms with Gasteiger partial charge in [-0.15, -0.1) is 0 Å². The minimum absolute atomic E-state index is 0.0921. The molecule has 0 unspecified atom stereocenters. The lowest BCUT2D eigenvalue weighted by Crippen LogP contribution is -2.29. The van der Waals surface area contributed by atoms with Gasteiger partial charge in [0.1, 0.15) is 0 Å². The first-order chi connectivity index (χ1) is 9.72. The van der Waals surface area contributed by atoms with E-state index in [1.807, 2.05) is 0 Å². The molecule has 1 aromatic carbocycles. The highest BCUT2D eigenvalue weighted by atomic mass is 32.2. The molecule has 1 aromatic rings. The zero-order valence-electron chi connectivity index (χ0n) is 12.3. The van der Waals surface area contributed by atoms with Gasteiger partial charge < -0.3 is 10.4 Å². The fourth-order valence-electron chi connectivity index (χ4n) is 2.00. The molecular formula is C15H22F3NOS. The molecule has 0 atom stereocenters. The lowest BCUT2D eigenvalue weighted by atomic mass is 9.88. The first kappa shape index (κ1) is 18.3. The molecule has 21 heavy (non-hydrogen) atoms. The van der Waals surface area contributed by atoms with E-state index in [0.717, 1.165) is 24.9 Å². The average Bonchev–Trinajstić information content (AvgIpc) is 2.37. The summed E-state index contributed by atoms with van der Waals surface area (Å²) in [6.07, 6.45) is 1.70. The van der Waals surface area contributed by atoms with Gasteiger partial charge in [-0.2, -0.15) is 13.2 Å². The van der Waals surface area contributed by atoms with Crippen molar-refractivity contribution >= 4 is 11.8 Å². The van der Waals surface area contributed by atoms with Crippen LogP contribution in [0.15, 0.2) is 29.2 Å². The molecule has 0 amide bonds. The topological polar surface area (TPSA) is 32.3 Å². The third-order valence-corrected chi connectivity index (χ3v) is 3.84. The van der Waals surface area contributed by atoms with Crippen LogP contribution in [0, 0.1) is 5.41 Å². The summed E-state index contributed by atoms with van der Waals surface area (Å²) in [5.74, 6) is 0. The largest absolute Gasteiger partial charge is 0.446 e. The number of hydrogen-bond donors (Lipinski definition) is 2.